The van der Waals surface area contributed by atoms with Crippen LogP contribution < -0.4 is 15.4 Å². The smallest absolute Gasteiger partial charge is 0.316 e. The van der Waals surface area contributed by atoms with Crippen molar-refractivity contribution in [3.8, 4) is 5.75 Å². The zero-order valence-electron chi connectivity index (χ0n) is 58.2. The summed E-state index contributed by atoms with van der Waals surface area (Å²) in [7, 11) is 1.00. The number of hydrogen-bond donors (Lipinski definition) is 3. The molecule has 87 heavy (non-hydrogen) atoms. The van der Waals surface area contributed by atoms with Gasteiger partial charge in [-0.3, -0.25) is 19.2 Å². The van der Waals surface area contributed by atoms with E-state index in [1.54, 1.807) is 0 Å². The molecule has 0 heterocycles. The van der Waals surface area contributed by atoms with Crippen molar-refractivity contribution < 1.29 is 33.8 Å². The first-order valence-electron chi connectivity index (χ1n) is 32.2. The second-order valence-electron chi connectivity index (χ2n) is 21.8. The molecular weight excluding hydrogens is 1080 g/mol. The van der Waals surface area contributed by atoms with Crippen LogP contribution in [0.4, 0.5) is 5.69 Å². The first-order valence-corrected chi connectivity index (χ1v) is 32.2. The molecule has 0 bridgehead atoms. The Morgan fingerprint density at radius 3 is 1.47 bits per heavy atom. The molecule has 0 radical (unpaired) electrons. The minimum absolute atomic E-state index is 0.0146. The number of aliphatic hydroxyl groups excluding tert-OH is 1. The number of nitrogens with one attached hydrogen (secondary N) is 2. The largest absolute Gasteiger partial charge is 0.465 e. The van der Waals surface area contributed by atoms with E-state index in [0.29, 0.717) is 30.7 Å². The molecule has 1 aliphatic carbocycles. The van der Waals surface area contributed by atoms with Crippen LogP contribution in [0.15, 0.2) is 158 Å². The van der Waals surface area contributed by atoms with E-state index in [1.807, 2.05) is 228 Å². The Labute approximate surface area is 528 Å². The summed E-state index contributed by atoms with van der Waals surface area (Å²) in [4.78, 5) is 46.7. The maximum absolute atomic E-state index is 12.0. The van der Waals surface area contributed by atoms with Crippen molar-refractivity contribution >= 4 is 51.0 Å². The van der Waals surface area contributed by atoms with Gasteiger partial charge in [-0.1, -0.05) is 269 Å². The van der Waals surface area contributed by atoms with Crippen molar-refractivity contribution in [2.75, 3.05) is 19.0 Å². The van der Waals surface area contributed by atoms with E-state index in [2.05, 4.69) is 92.9 Å². The number of aliphatic hydroxyl groups is 1. The highest BCUT2D eigenvalue weighted by atomic mass is 16.5. The van der Waals surface area contributed by atoms with Gasteiger partial charge in [0.1, 0.15) is 5.75 Å². The van der Waals surface area contributed by atoms with Crippen LogP contribution in [0.2, 0.25) is 0 Å². The molecule has 3 N–H and O–H groups in total. The van der Waals surface area contributed by atoms with Crippen molar-refractivity contribution in [3.05, 3.63) is 191 Å². The molecule has 8 rings (SSSR count). The molecule has 7 aromatic carbocycles. The van der Waals surface area contributed by atoms with E-state index in [4.69, 9.17) is 14.6 Å². The number of esters is 2. The summed E-state index contributed by atoms with van der Waals surface area (Å²) in [5.74, 6) is 2.03. The lowest BCUT2D eigenvalue weighted by Crippen LogP contribution is -2.29. The quantitative estimate of drug-likeness (QED) is 0.0688. The Morgan fingerprint density at radius 2 is 0.989 bits per heavy atom. The van der Waals surface area contributed by atoms with Gasteiger partial charge in [0.15, 0.2) is 0 Å². The molecule has 7 aromatic rings. The van der Waals surface area contributed by atoms with Gasteiger partial charge in [0, 0.05) is 37.1 Å². The highest BCUT2D eigenvalue weighted by Gasteiger charge is 2.29. The van der Waals surface area contributed by atoms with Gasteiger partial charge in [-0.2, -0.15) is 0 Å². The standard InChI is InChI=1S/C16H18O2.C14H21NO.C14H14.C13H18O2.C12H17NO.4C2H6.CH4O/c1-4-16(2,3)15(17)18-14-10-9-12-7-5-6-8-13(12)11-14;1-5-12(4)14(16)15-9-13-7-10(2)6-11(3)8-13;1-9-10(2)13-8-4-6-11-5-3-7-12(9)14(11)13;1-3-11(2)13(14)15-10-9-12-7-5-4-6-8-12;1-4-12(2,3)11(14)13-10-8-6-5-7-9-10;5*1-2/h5-11H,4H2,1-3H3;6-8,12H,5,9H2,1-4H3,(H,15,16);3-10H,1-2H3;4-8,11H,3,9-10H2,1-2H3;5-9H,4H2,1-3H3,(H,13,14);4*1-2H3;2H,1H3. The van der Waals surface area contributed by atoms with Crippen LogP contribution in [0.25, 0.3) is 21.5 Å². The van der Waals surface area contributed by atoms with Crippen LogP contribution >= 0.6 is 0 Å². The Bertz CT molecular complexity index is 2900. The summed E-state index contributed by atoms with van der Waals surface area (Å²) in [6.45, 7) is 45.5. The predicted molar refractivity (Wildman–Crippen MR) is 375 cm³/mol. The van der Waals surface area contributed by atoms with Crippen LogP contribution in [0.5, 0.6) is 5.75 Å². The third kappa shape index (κ3) is 29.4. The summed E-state index contributed by atoms with van der Waals surface area (Å²) < 4.78 is 10.6. The third-order valence-corrected chi connectivity index (χ3v) is 14.9. The fraction of sp³-hybridized carbons (Fsp3) is 0.462. The van der Waals surface area contributed by atoms with E-state index in [-0.39, 0.29) is 41.0 Å². The summed E-state index contributed by atoms with van der Waals surface area (Å²) >= 11 is 0. The van der Waals surface area contributed by atoms with Gasteiger partial charge in [0.25, 0.3) is 0 Å². The van der Waals surface area contributed by atoms with E-state index in [0.717, 1.165) is 55.7 Å². The van der Waals surface area contributed by atoms with Crippen LogP contribution in [0.1, 0.15) is 209 Å². The fourth-order valence-corrected chi connectivity index (χ4v) is 8.24. The van der Waals surface area contributed by atoms with Crippen molar-refractivity contribution in [1.82, 2.24) is 5.32 Å². The number of carbonyl (C=O) groups is 4. The number of hydrogen-bond acceptors (Lipinski definition) is 7. The predicted octanol–water partition coefficient (Wildman–Crippen LogP) is 20.8. The van der Waals surface area contributed by atoms with Crippen molar-refractivity contribution in [3.63, 3.8) is 0 Å². The first-order chi connectivity index (χ1) is 41.6. The molecule has 0 spiro atoms. The second-order valence-corrected chi connectivity index (χ2v) is 21.8. The molecule has 0 saturated carbocycles. The van der Waals surface area contributed by atoms with Crippen LogP contribution in [0, 0.1) is 36.5 Å². The highest BCUT2D eigenvalue weighted by Crippen LogP contribution is 2.46. The van der Waals surface area contributed by atoms with E-state index < -0.39 is 5.41 Å². The molecule has 480 valence electrons. The number of para-hydroxylation sites is 1. The number of carbonyl (C=O) groups excluding carboxylic acids is 4. The zero-order valence-corrected chi connectivity index (χ0v) is 58.2. The Balaban J connectivity index is 0. The van der Waals surface area contributed by atoms with Gasteiger partial charge < -0.3 is 25.2 Å². The van der Waals surface area contributed by atoms with E-state index in [1.165, 1.54) is 44.2 Å². The monoisotopic (exact) mass is 1190 g/mol. The first kappa shape index (κ1) is 82.0. The lowest BCUT2D eigenvalue weighted by Gasteiger charge is -2.21. The molecule has 2 amide bonds. The average molecular weight is 1190 g/mol. The summed E-state index contributed by atoms with van der Waals surface area (Å²) in [5, 5.41) is 18.0. The zero-order chi connectivity index (χ0) is 66.7. The molecule has 9 heteroatoms. The molecule has 4 atom stereocenters. The number of aryl methyl sites for hydroxylation is 2. The minimum Gasteiger partial charge on any atom is -0.465 e. The molecule has 0 fully saturated rings. The van der Waals surface area contributed by atoms with Crippen molar-refractivity contribution in [2.45, 2.75) is 203 Å². The maximum atomic E-state index is 12.0. The second kappa shape index (κ2) is 46.1. The maximum Gasteiger partial charge on any atom is 0.316 e. The third-order valence-electron chi connectivity index (χ3n) is 14.9. The van der Waals surface area contributed by atoms with Crippen molar-refractivity contribution in [2.24, 2.45) is 22.7 Å². The summed E-state index contributed by atoms with van der Waals surface area (Å²) in [6.07, 6.45) is 4.12. The number of amides is 2. The fourth-order valence-electron chi connectivity index (χ4n) is 8.24. The highest BCUT2D eigenvalue weighted by molar-refractivity contribution is 5.95. The van der Waals surface area contributed by atoms with E-state index >= 15 is 0 Å². The van der Waals surface area contributed by atoms with Gasteiger partial charge in [-0.15, -0.1) is 0 Å². The van der Waals surface area contributed by atoms with Gasteiger partial charge in [-0.05, 0) is 133 Å². The number of benzene rings is 7. The van der Waals surface area contributed by atoms with Gasteiger partial charge in [0.2, 0.25) is 11.8 Å². The molecule has 9 nitrogen and oxygen atoms in total. The lowest BCUT2D eigenvalue weighted by atomic mass is 9.89. The van der Waals surface area contributed by atoms with Crippen LogP contribution in [-0.2, 0) is 36.9 Å². The summed E-state index contributed by atoms with van der Waals surface area (Å²) in [5.41, 5.74) is 8.06. The molecule has 0 saturated heterocycles. The average Bonchev–Trinajstić information content (AvgIpc) is 1.80. The number of rotatable bonds is 15. The van der Waals surface area contributed by atoms with Gasteiger partial charge in [-0.25, -0.2) is 0 Å². The molecule has 1 aliphatic rings. The Morgan fingerprint density at radius 1 is 0.529 bits per heavy atom. The number of ether oxygens (including phenoxy) is 2. The molecule has 0 aromatic heterocycles. The Kier molecular flexibility index (Phi) is 43.4. The van der Waals surface area contributed by atoms with Gasteiger partial charge >= 0.3 is 11.9 Å². The lowest BCUT2D eigenvalue weighted by molar-refractivity contribution is -0.148. The number of anilines is 1. The summed E-state index contributed by atoms with van der Waals surface area (Å²) in [6, 6.07) is 53.0. The minimum atomic E-state index is -0.439. The SMILES string of the molecule is CC.CC.CC.CC.CC1c2cccc3cccc(c23)C1C.CCC(C)(C)C(=O)Nc1ccccc1.CCC(C)(C)C(=O)Oc1ccc2ccccc2c1.CCC(C)C(=O)NCc1cc(C)cc(C)c1.CCC(C)C(=O)OCCc1ccccc1.CO. The van der Waals surface area contributed by atoms with Crippen LogP contribution in [0.3, 0.4) is 0 Å². The Hall–Kier alpha value is -7.10. The van der Waals surface area contributed by atoms with Crippen molar-refractivity contribution in [1.29, 1.82) is 0 Å². The van der Waals surface area contributed by atoms with Crippen LogP contribution in [-0.4, -0.2) is 42.6 Å². The molecular formula is C78H116N2O7. The topological polar surface area (TPSA) is 131 Å². The van der Waals surface area contributed by atoms with E-state index in [9.17, 15) is 19.2 Å². The van der Waals surface area contributed by atoms with Gasteiger partial charge in [0.05, 0.1) is 17.9 Å². The molecule has 0 aliphatic heterocycles. The normalized spacial score (nSPS) is 12.8. The number of fused-ring (bicyclic) bond motifs is 1. The molecule has 4 unspecified atom stereocenters.